The maximum Gasteiger partial charge on any atom is 0.254 e. The maximum absolute atomic E-state index is 13.3. The van der Waals surface area contributed by atoms with Gasteiger partial charge < -0.3 is 19.4 Å². The summed E-state index contributed by atoms with van der Waals surface area (Å²) in [6.07, 6.45) is -0.287. The number of carbonyl (C=O) groups excluding carboxylic acids is 1. The minimum Gasteiger partial charge on any atom is -0.376 e. The smallest absolute Gasteiger partial charge is 0.254 e. The topological polar surface area (TPSA) is 71.6 Å². The summed E-state index contributed by atoms with van der Waals surface area (Å²) >= 11 is 0. The molecule has 1 atom stereocenters. The Morgan fingerprint density at radius 1 is 1.17 bits per heavy atom. The Morgan fingerprint density at radius 3 is 2.70 bits per heavy atom. The van der Waals surface area contributed by atoms with E-state index in [1.165, 1.54) is 24.3 Å². The van der Waals surface area contributed by atoms with E-state index in [1.807, 2.05) is 31.2 Å². The number of ether oxygens (including phenoxy) is 2. The predicted octanol–water partition coefficient (Wildman–Crippen LogP) is 3.03. The fraction of sp³-hybridized carbons (Fsp3) is 0.304. The van der Waals surface area contributed by atoms with Crippen LogP contribution in [-0.4, -0.2) is 48.3 Å². The molecule has 6 nitrogen and oxygen atoms in total. The van der Waals surface area contributed by atoms with Crippen molar-refractivity contribution in [2.75, 3.05) is 26.4 Å². The van der Waals surface area contributed by atoms with Crippen molar-refractivity contribution in [1.29, 1.82) is 0 Å². The van der Waals surface area contributed by atoms with Crippen molar-refractivity contribution in [3.8, 4) is 0 Å². The molecule has 0 bridgehead atoms. The van der Waals surface area contributed by atoms with Gasteiger partial charge in [-0.05, 0) is 54.8 Å². The lowest BCUT2D eigenvalue weighted by Gasteiger charge is -2.30. The number of fused-ring (bicyclic) bond motifs is 1. The third-order valence-electron chi connectivity index (χ3n) is 5.13. The second kappa shape index (κ2) is 8.77. The van der Waals surface area contributed by atoms with Crippen LogP contribution in [0.15, 0.2) is 53.3 Å². The SMILES string of the molecule is Cc1ccc2[nH]c(=O)c(CN(CC3COCCO3)C(=O)c3ccc(F)cc3)cc2c1. The van der Waals surface area contributed by atoms with E-state index in [0.29, 0.717) is 30.9 Å². The lowest BCUT2D eigenvalue weighted by molar-refractivity contribution is -0.0953. The number of nitrogens with zero attached hydrogens (tertiary/aromatic N) is 1. The van der Waals surface area contributed by atoms with Gasteiger partial charge in [-0.15, -0.1) is 0 Å². The molecule has 0 saturated carbocycles. The molecule has 1 fully saturated rings. The van der Waals surface area contributed by atoms with Gasteiger partial charge in [-0.1, -0.05) is 11.6 Å². The molecule has 1 aliphatic rings. The third-order valence-corrected chi connectivity index (χ3v) is 5.13. The largest absolute Gasteiger partial charge is 0.376 e. The first-order valence-electron chi connectivity index (χ1n) is 9.86. The molecule has 2 heterocycles. The molecular formula is C23H23FN2O4. The van der Waals surface area contributed by atoms with Crippen molar-refractivity contribution in [1.82, 2.24) is 9.88 Å². The molecule has 1 aromatic heterocycles. The zero-order chi connectivity index (χ0) is 21.1. The molecule has 1 saturated heterocycles. The number of halogens is 1. The highest BCUT2D eigenvalue weighted by Gasteiger charge is 2.24. The van der Waals surface area contributed by atoms with Crippen LogP contribution in [0.25, 0.3) is 10.9 Å². The van der Waals surface area contributed by atoms with E-state index in [2.05, 4.69) is 4.98 Å². The molecular weight excluding hydrogens is 387 g/mol. The summed E-state index contributed by atoms with van der Waals surface area (Å²) in [5.74, 6) is -0.712. The van der Waals surface area contributed by atoms with Gasteiger partial charge in [0.1, 0.15) is 5.82 Å². The highest BCUT2D eigenvalue weighted by Crippen LogP contribution is 2.17. The fourth-order valence-electron chi connectivity index (χ4n) is 3.58. The highest BCUT2D eigenvalue weighted by molar-refractivity contribution is 5.94. The number of amides is 1. The van der Waals surface area contributed by atoms with Crippen molar-refractivity contribution in [3.05, 3.63) is 81.4 Å². The standard InChI is InChI=1S/C23H23FN2O4/c1-15-2-7-21-17(10-15)11-18(22(27)25-21)12-26(13-20-14-29-8-9-30-20)23(28)16-3-5-19(24)6-4-16/h2-7,10-11,20H,8-9,12-14H2,1H3,(H,25,27). The molecule has 1 amide bonds. The van der Waals surface area contributed by atoms with Crippen LogP contribution in [0.2, 0.25) is 0 Å². The third kappa shape index (κ3) is 4.58. The Labute approximate surface area is 173 Å². The van der Waals surface area contributed by atoms with Crippen LogP contribution in [0.4, 0.5) is 4.39 Å². The monoisotopic (exact) mass is 410 g/mol. The van der Waals surface area contributed by atoms with E-state index < -0.39 is 5.82 Å². The van der Waals surface area contributed by atoms with Crippen LogP contribution in [0.5, 0.6) is 0 Å². The van der Waals surface area contributed by atoms with Crippen molar-refractivity contribution in [2.24, 2.45) is 0 Å². The Hall–Kier alpha value is -3.03. The molecule has 0 aliphatic carbocycles. The Kier molecular flexibility index (Phi) is 5.92. The number of hydrogen-bond donors (Lipinski definition) is 1. The number of hydrogen-bond acceptors (Lipinski definition) is 4. The van der Waals surface area contributed by atoms with E-state index in [1.54, 1.807) is 4.90 Å². The highest BCUT2D eigenvalue weighted by atomic mass is 19.1. The van der Waals surface area contributed by atoms with Crippen LogP contribution in [0, 0.1) is 12.7 Å². The second-order valence-electron chi connectivity index (χ2n) is 7.47. The number of carbonyl (C=O) groups is 1. The summed E-state index contributed by atoms with van der Waals surface area (Å²) < 4.78 is 24.4. The van der Waals surface area contributed by atoms with Crippen LogP contribution in [-0.2, 0) is 16.0 Å². The molecule has 1 N–H and O–H groups in total. The Morgan fingerprint density at radius 2 is 1.97 bits per heavy atom. The molecule has 30 heavy (non-hydrogen) atoms. The van der Waals surface area contributed by atoms with E-state index in [-0.39, 0.29) is 30.7 Å². The number of nitrogens with one attached hydrogen (secondary N) is 1. The van der Waals surface area contributed by atoms with Gasteiger partial charge in [-0.25, -0.2) is 4.39 Å². The number of aryl methyl sites for hydroxylation is 1. The first kappa shape index (κ1) is 20.3. The zero-order valence-corrected chi connectivity index (χ0v) is 16.7. The van der Waals surface area contributed by atoms with Crippen LogP contribution in [0.1, 0.15) is 21.5 Å². The van der Waals surface area contributed by atoms with Gasteiger partial charge in [-0.2, -0.15) is 0 Å². The fourth-order valence-corrected chi connectivity index (χ4v) is 3.58. The van der Waals surface area contributed by atoms with Crippen molar-refractivity contribution >= 4 is 16.8 Å². The molecule has 2 aromatic carbocycles. The minimum atomic E-state index is -0.413. The van der Waals surface area contributed by atoms with E-state index in [4.69, 9.17) is 9.47 Å². The Balaban J connectivity index is 1.65. The first-order valence-corrected chi connectivity index (χ1v) is 9.86. The van der Waals surface area contributed by atoms with E-state index >= 15 is 0 Å². The quantitative estimate of drug-likeness (QED) is 0.702. The number of H-pyrrole nitrogens is 1. The summed E-state index contributed by atoms with van der Waals surface area (Å²) in [4.78, 5) is 30.2. The lowest BCUT2D eigenvalue weighted by atomic mass is 10.1. The number of pyridine rings is 1. The molecule has 156 valence electrons. The summed E-state index contributed by atoms with van der Waals surface area (Å²) in [7, 11) is 0. The molecule has 7 heteroatoms. The van der Waals surface area contributed by atoms with Gasteiger partial charge in [0, 0.05) is 23.2 Å². The number of rotatable bonds is 5. The molecule has 0 spiro atoms. The van der Waals surface area contributed by atoms with Gasteiger partial charge in [0.25, 0.3) is 11.5 Å². The average Bonchev–Trinajstić information content (AvgIpc) is 2.75. The minimum absolute atomic E-state index is 0.106. The zero-order valence-electron chi connectivity index (χ0n) is 16.7. The average molecular weight is 410 g/mol. The van der Waals surface area contributed by atoms with Gasteiger partial charge >= 0.3 is 0 Å². The van der Waals surface area contributed by atoms with Gasteiger partial charge in [0.2, 0.25) is 0 Å². The summed E-state index contributed by atoms with van der Waals surface area (Å²) in [5.41, 5.74) is 2.40. The van der Waals surface area contributed by atoms with Crippen molar-refractivity contribution in [2.45, 2.75) is 19.6 Å². The van der Waals surface area contributed by atoms with Crippen molar-refractivity contribution in [3.63, 3.8) is 0 Å². The van der Waals surface area contributed by atoms with Crippen molar-refractivity contribution < 1.29 is 18.7 Å². The van der Waals surface area contributed by atoms with Gasteiger partial charge in [-0.3, -0.25) is 9.59 Å². The van der Waals surface area contributed by atoms with Crippen LogP contribution >= 0.6 is 0 Å². The molecule has 1 unspecified atom stereocenters. The maximum atomic E-state index is 13.3. The molecule has 0 radical (unpaired) electrons. The number of aromatic nitrogens is 1. The molecule has 4 rings (SSSR count). The summed E-state index contributed by atoms with van der Waals surface area (Å²) in [6.45, 7) is 3.71. The number of aromatic amines is 1. The van der Waals surface area contributed by atoms with E-state index in [0.717, 1.165) is 16.5 Å². The van der Waals surface area contributed by atoms with Crippen LogP contribution < -0.4 is 5.56 Å². The van der Waals surface area contributed by atoms with Gasteiger partial charge in [0.15, 0.2) is 0 Å². The second-order valence-corrected chi connectivity index (χ2v) is 7.47. The van der Waals surface area contributed by atoms with E-state index in [9.17, 15) is 14.0 Å². The summed E-state index contributed by atoms with van der Waals surface area (Å²) in [6, 6.07) is 13.0. The molecule has 3 aromatic rings. The first-order chi connectivity index (χ1) is 14.5. The predicted molar refractivity (Wildman–Crippen MR) is 111 cm³/mol. The normalized spacial score (nSPS) is 16.5. The Bertz CT molecular complexity index is 1100. The number of benzene rings is 2. The molecule has 1 aliphatic heterocycles. The van der Waals surface area contributed by atoms with Crippen LogP contribution in [0.3, 0.4) is 0 Å². The van der Waals surface area contributed by atoms with Gasteiger partial charge in [0.05, 0.1) is 32.5 Å². The lowest BCUT2D eigenvalue weighted by Crippen LogP contribution is -2.43. The summed E-state index contributed by atoms with van der Waals surface area (Å²) in [5, 5.41) is 0.899.